The molecule has 0 bridgehead atoms. The second-order valence-electron chi connectivity index (χ2n) is 7.31. The molecule has 7 nitrogen and oxygen atoms in total. The minimum absolute atomic E-state index is 0.00449. The lowest BCUT2D eigenvalue weighted by atomic mass is 10.0. The van der Waals surface area contributed by atoms with Crippen molar-refractivity contribution in [2.45, 2.75) is 32.0 Å². The maximum atomic E-state index is 14.7. The quantitative estimate of drug-likeness (QED) is 0.513. The molecule has 1 saturated carbocycles. The van der Waals surface area contributed by atoms with Crippen LogP contribution in [0.15, 0.2) is 36.5 Å². The summed E-state index contributed by atoms with van der Waals surface area (Å²) in [6.45, 7) is 2.37. The number of hydrogen-bond acceptors (Lipinski definition) is 5. The van der Waals surface area contributed by atoms with Crippen LogP contribution in [-0.2, 0) is 0 Å². The minimum atomic E-state index is -1.89. The van der Waals surface area contributed by atoms with Crippen LogP contribution >= 0.6 is 0 Å². The fourth-order valence-corrected chi connectivity index (χ4v) is 2.72. The van der Waals surface area contributed by atoms with E-state index in [1.54, 1.807) is 13.0 Å². The molecule has 2 amide bonds. The second kappa shape index (κ2) is 9.51. The third kappa shape index (κ3) is 5.88. The van der Waals surface area contributed by atoms with Gasteiger partial charge in [0.15, 0.2) is 6.17 Å². The number of benzene rings is 1. The zero-order valence-electron chi connectivity index (χ0n) is 16.5. The molecule has 4 N–H and O–H groups in total. The van der Waals surface area contributed by atoms with Crippen LogP contribution in [0.25, 0.3) is 0 Å². The SMILES string of the molecule is CC(COc1ccc(C(=N)C(F)c2ccc(OCC3CC3)cn2)c(F)c1)NC(N)=O. The van der Waals surface area contributed by atoms with Crippen LogP contribution in [0.2, 0.25) is 0 Å². The Labute approximate surface area is 173 Å². The molecule has 2 atom stereocenters. The van der Waals surface area contributed by atoms with Crippen LogP contribution in [0.5, 0.6) is 11.5 Å². The maximum Gasteiger partial charge on any atom is 0.312 e. The first-order valence-corrected chi connectivity index (χ1v) is 9.63. The van der Waals surface area contributed by atoms with E-state index in [-0.39, 0.29) is 29.7 Å². The zero-order valence-corrected chi connectivity index (χ0v) is 16.5. The summed E-state index contributed by atoms with van der Waals surface area (Å²) in [7, 11) is 0. The van der Waals surface area contributed by atoms with Gasteiger partial charge in [0.1, 0.15) is 23.9 Å². The van der Waals surface area contributed by atoms with E-state index in [9.17, 15) is 13.6 Å². The molecule has 1 aliphatic rings. The van der Waals surface area contributed by atoms with Crippen molar-refractivity contribution in [1.29, 1.82) is 5.41 Å². The van der Waals surface area contributed by atoms with E-state index in [1.165, 1.54) is 24.4 Å². The number of primary amides is 1. The van der Waals surface area contributed by atoms with Crippen LogP contribution in [0.1, 0.15) is 37.2 Å². The third-order valence-electron chi connectivity index (χ3n) is 4.57. The van der Waals surface area contributed by atoms with Gasteiger partial charge in [-0.2, -0.15) is 0 Å². The molecule has 30 heavy (non-hydrogen) atoms. The normalized spacial score (nSPS) is 15.2. The number of halogens is 2. The smallest absolute Gasteiger partial charge is 0.312 e. The Morgan fingerprint density at radius 2 is 2.03 bits per heavy atom. The van der Waals surface area contributed by atoms with Gasteiger partial charge in [0, 0.05) is 11.6 Å². The van der Waals surface area contributed by atoms with Crippen LogP contribution in [0.3, 0.4) is 0 Å². The van der Waals surface area contributed by atoms with Gasteiger partial charge in [-0.1, -0.05) is 0 Å². The molecule has 2 aromatic rings. The maximum absolute atomic E-state index is 14.7. The summed E-state index contributed by atoms with van der Waals surface area (Å²) in [5.74, 6) is 0.523. The molecular formula is C21H24F2N4O3. The van der Waals surface area contributed by atoms with E-state index in [4.69, 9.17) is 20.6 Å². The number of ether oxygens (including phenoxy) is 2. The van der Waals surface area contributed by atoms with Gasteiger partial charge in [0.2, 0.25) is 0 Å². The molecule has 2 unspecified atom stereocenters. The average Bonchev–Trinajstić information content (AvgIpc) is 3.54. The van der Waals surface area contributed by atoms with Crippen molar-refractivity contribution >= 4 is 11.7 Å². The number of nitrogens with two attached hydrogens (primary N) is 1. The van der Waals surface area contributed by atoms with E-state index < -0.39 is 23.7 Å². The number of rotatable bonds is 10. The van der Waals surface area contributed by atoms with Gasteiger partial charge < -0.3 is 25.9 Å². The van der Waals surface area contributed by atoms with Gasteiger partial charge in [0.05, 0.1) is 30.3 Å². The molecule has 0 saturated heterocycles. The molecule has 1 heterocycles. The Bertz CT molecular complexity index is 904. The van der Waals surface area contributed by atoms with Crippen molar-refractivity contribution in [2.75, 3.05) is 13.2 Å². The Balaban J connectivity index is 1.60. The monoisotopic (exact) mass is 418 g/mol. The molecule has 160 valence electrons. The number of amides is 2. The number of hydrogen-bond donors (Lipinski definition) is 3. The summed E-state index contributed by atoms with van der Waals surface area (Å²) in [6.07, 6.45) is 1.84. The molecule has 1 fully saturated rings. The van der Waals surface area contributed by atoms with Crippen molar-refractivity contribution in [3.63, 3.8) is 0 Å². The topological polar surface area (TPSA) is 110 Å². The van der Waals surface area contributed by atoms with Crippen molar-refractivity contribution in [2.24, 2.45) is 11.7 Å². The molecule has 1 aliphatic carbocycles. The number of alkyl halides is 1. The van der Waals surface area contributed by atoms with Gasteiger partial charge in [-0.05, 0) is 49.9 Å². The van der Waals surface area contributed by atoms with E-state index in [0.717, 1.165) is 18.9 Å². The van der Waals surface area contributed by atoms with Gasteiger partial charge in [0.25, 0.3) is 0 Å². The fraction of sp³-hybridized carbons (Fsp3) is 0.381. The molecule has 1 aromatic carbocycles. The predicted octanol–water partition coefficient (Wildman–Crippen LogP) is 3.52. The zero-order chi connectivity index (χ0) is 21.7. The number of pyridine rings is 1. The highest BCUT2D eigenvalue weighted by molar-refractivity contribution is 6.02. The van der Waals surface area contributed by atoms with Crippen molar-refractivity contribution in [3.05, 3.63) is 53.6 Å². The van der Waals surface area contributed by atoms with Gasteiger partial charge >= 0.3 is 6.03 Å². The number of urea groups is 1. The van der Waals surface area contributed by atoms with Gasteiger partial charge in [-0.15, -0.1) is 0 Å². The minimum Gasteiger partial charge on any atom is -0.492 e. The van der Waals surface area contributed by atoms with Crippen molar-refractivity contribution < 1.29 is 23.0 Å². The van der Waals surface area contributed by atoms with E-state index in [2.05, 4.69) is 10.3 Å². The van der Waals surface area contributed by atoms with Gasteiger partial charge in [-0.3, -0.25) is 4.98 Å². The number of carbonyl (C=O) groups is 1. The molecule has 0 spiro atoms. The first-order valence-electron chi connectivity index (χ1n) is 9.63. The lowest BCUT2D eigenvalue weighted by Crippen LogP contribution is -2.40. The van der Waals surface area contributed by atoms with Crippen LogP contribution in [0.4, 0.5) is 13.6 Å². The van der Waals surface area contributed by atoms with Crippen molar-refractivity contribution in [3.8, 4) is 11.5 Å². The van der Waals surface area contributed by atoms with E-state index in [0.29, 0.717) is 18.3 Å². The lowest BCUT2D eigenvalue weighted by molar-refractivity contribution is 0.233. The second-order valence-corrected chi connectivity index (χ2v) is 7.31. The number of nitrogens with zero attached hydrogens (tertiary/aromatic N) is 1. The standard InChI is InChI=1S/C21H24F2N4O3/c1-12(27-21(25)28)10-29-14-4-6-16(17(22)8-14)20(24)19(23)18-7-5-15(9-26-18)30-11-13-2-3-13/h4-9,12-13,19,24H,2-3,10-11H2,1H3,(H3,25,27,28). The summed E-state index contributed by atoms with van der Waals surface area (Å²) in [5, 5.41) is 10.5. The molecular weight excluding hydrogens is 394 g/mol. The van der Waals surface area contributed by atoms with Crippen molar-refractivity contribution in [1.82, 2.24) is 10.3 Å². The molecule has 1 aromatic heterocycles. The molecule has 0 aliphatic heterocycles. The predicted molar refractivity (Wildman–Crippen MR) is 107 cm³/mol. The highest BCUT2D eigenvalue weighted by Crippen LogP contribution is 2.30. The number of nitrogens with one attached hydrogen (secondary N) is 2. The van der Waals surface area contributed by atoms with E-state index >= 15 is 0 Å². The third-order valence-corrected chi connectivity index (χ3v) is 4.57. The fourth-order valence-electron chi connectivity index (χ4n) is 2.72. The molecule has 3 rings (SSSR count). The first kappa shape index (κ1) is 21.5. The largest absolute Gasteiger partial charge is 0.492 e. The highest BCUT2D eigenvalue weighted by Gasteiger charge is 2.23. The number of carbonyl (C=O) groups excluding carboxylic acids is 1. The molecule has 0 radical (unpaired) electrons. The number of aromatic nitrogens is 1. The van der Waals surface area contributed by atoms with Crippen LogP contribution in [-0.4, -0.2) is 36.0 Å². The Morgan fingerprint density at radius 3 is 2.63 bits per heavy atom. The Morgan fingerprint density at radius 1 is 1.30 bits per heavy atom. The summed E-state index contributed by atoms with van der Waals surface area (Å²) < 4.78 is 40.1. The van der Waals surface area contributed by atoms with Crippen LogP contribution in [0, 0.1) is 17.1 Å². The highest BCUT2D eigenvalue weighted by atomic mass is 19.1. The van der Waals surface area contributed by atoms with E-state index in [1.807, 2.05) is 0 Å². The Kier molecular flexibility index (Phi) is 6.81. The average molecular weight is 418 g/mol. The summed E-state index contributed by atoms with van der Waals surface area (Å²) in [6, 6.07) is 5.74. The molecule has 9 heteroatoms. The summed E-state index contributed by atoms with van der Waals surface area (Å²) in [5.41, 5.74) is 4.30. The Hall–Kier alpha value is -3.23. The van der Waals surface area contributed by atoms with Crippen LogP contribution < -0.4 is 20.5 Å². The summed E-state index contributed by atoms with van der Waals surface area (Å²) in [4.78, 5) is 14.8. The first-order chi connectivity index (χ1) is 14.3. The van der Waals surface area contributed by atoms with Gasteiger partial charge in [-0.25, -0.2) is 13.6 Å². The lowest BCUT2D eigenvalue weighted by Gasteiger charge is -2.15. The summed E-state index contributed by atoms with van der Waals surface area (Å²) >= 11 is 0.